The summed E-state index contributed by atoms with van der Waals surface area (Å²) in [4.78, 5) is 0. The number of aliphatic hydroxyl groups is 2. The van der Waals surface area contributed by atoms with Crippen LogP contribution in [0.15, 0.2) is 0 Å². The molecule has 2 N–H and O–H groups in total. The van der Waals surface area contributed by atoms with Crippen molar-refractivity contribution >= 4 is 0 Å². The van der Waals surface area contributed by atoms with Crippen LogP contribution in [0.4, 0.5) is 0 Å². The first-order chi connectivity index (χ1) is 6.77. The zero-order chi connectivity index (χ0) is 11.7. The predicted molar refractivity (Wildman–Crippen MR) is 62.6 cm³/mol. The van der Waals surface area contributed by atoms with Crippen molar-refractivity contribution in [3.8, 4) is 0 Å². The molecule has 0 saturated heterocycles. The smallest absolute Gasteiger partial charge is 0.0648 e. The quantitative estimate of drug-likeness (QED) is 0.741. The molecule has 2 nitrogen and oxygen atoms in total. The summed E-state index contributed by atoms with van der Waals surface area (Å²) in [7, 11) is 0. The van der Waals surface area contributed by atoms with Gasteiger partial charge in [-0.2, -0.15) is 0 Å². The van der Waals surface area contributed by atoms with E-state index >= 15 is 0 Å². The summed E-state index contributed by atoms with van der Waals surface area (Å²) in [6, 6.07) is 0. The summed E-state index contributed by atoms with van der Waals surface area (Å²) >= 11 is 0. The minimum absolute atomic E-state index is 0.192. The molecular weight excluding hydrogens is 188 g/mol. The van der Waals surface area contributed by atoms with E-state index in [1.165, 1.54) is 0 Å². The molecule has 1 fully saturated rings. The molecule has 3 unspecified atom stereocenters. The number of rotatable bonds is 2. The maximum absolute atomic E-state index is 10.2. The zero-order valence-corrected chi connectivity index (χ0v) is 10.6. The number of aliphatic hydroxyl groups excluding tert-OH is 1. The second kappa shape index (κ2) is 4.42. The standard InChI is InChI=1S/C13H26O2/c1-12(2,3)10-5-7-13(4,15)11(9-10)6-8-14/h10-11,14-15H,5-9H2,1-4H3. The van der Waals surface area contributed by atoms with Gasteiger partial charge in [0.1, 0.15) is 0 Å². The molecule has 0 spiro atoms. The maximum atomic E-state index is 10.2. The normalized spacial score (nSPS) is 38.0. The second-order valence-electron chi connectivity index (χ2n) is 6.40. The lowest BCUT2D eigenvalue weighted by atomic mass is 9.63. The lowest BCUT2D eigenvalue weighted by molar-refractivity contribution is -0.0688. The molecule has 1 rings (SSSR count). The third-order valence-electron chi connectivity index (χ3n) is 4.15. The van der Waals surface area contributed by atoms with Crippen LogP contribution in [0.25, 0.3) is 0 Å². The molecule has 90 valence electrons. The van der Waals surface area contributed by atoms with Crippen LogP contribution in [0, 0.1) is 17.3 Å². The van der Waals surface area contributed by atoms with Crippen molar-refractivity contribution in [3.63, 3.8) is 0 Å². The van der Waals surface area contributed by atoms with E-state index in [9.17, 15) is 5.11 Å². The predicted octanol–water partition coefficient (Wildman–Crippen LogP) is 2.58. The highest BCUT2D eigenvalue weighted by molar-refractivity contribution is 4.92. The van der Waals surface area contributed by atoms with Gasteiger partial charge in [0.2, 0.25) is 0 Å². The minimum Gasteiger partial charge on any atom is -0.396 e. The van der Waals surface area contributed by atoms with Gasteiger partial charge >= 0.3 is 0 Å². The molecule has 1 aliphatic rings. The lowest BCUT2D eigenvalue weighted by Gasteiger charge is -2.45. The van der Waals surface area contributed by atoms with Crippen LogP contribution in [0.3, 0.4) is 0 Å². The first-order valence-electron chi connectivity index (χ1n) is 6.10. The first kappa shape index (κ1) is 13.0. The Hall–Kier alpha value is -0.0800. The Morgan fingerprint density at radius 2 is 1.93 bits per heavy atom. The van der Waals surface area contributed by atoms with Crippen LogP contribution in [-0.4, -0.2) is 22.4 Å². The van der Waals surface area contributed by atoms with Crippen molar-refractivity contribution in [1.29, 1.82) is 0 Å². The molecule has 0 heterocycles. The fourth-order valence-electron chi connectivity index (χ4n) is 2.76. The van der Waals surface area contributed by atoms with E-state index < -0.39 is 5.60 Å². The Kier molecular flexibility index (Phi) is 3.83. The van der Waals surface area contributed by atoms with E-state index in [0.29, 0.717) is 11.3 Å². The van der Waals surface area contributed by atoms with Crippen molar-refractivity contribution in [3.05, 3.63) is 0 Å². The summed E-state index contributed by atoms with van der Waals surface area (Å²) in [6.07, 6.45) is 3.77. The Morgan fingerprint density at radius 1 is 1.33 bits per heavy atom. The Bertz CT molecular complexity index is 203. The Labute approximate surface area is 93.7 Å². The van der Waals surface area contributed by atoms with E-state index in [-0.39, 0.29) is 12.5 Å². The van der Waals surface area contributed by atoms with E-state index in [0.717, 1.165) is 25.7 Å². The lowest BCUT2D eigenvalue weighted by Crippen LogP contribution is -2.43. The number of hydrogen-bond acceptors (Lipinski definition) is 2. The SMILES string of the molecule is CC(C)(C)C1CCC(C)(O)C(CCO)C1. The molecule has 1 saturated carbocycles. The van der Waals surface area contributed by atoms with Crippen LogP contribution in [0.2, 0.25) is 0 Å². The Balaban J connectivity index is 2.66. The monoisotopic (exact) mass is 214 g/mol. The van der Waals surface area contributed by atoms with Crippen LogP contribution >= 0.6 is 0 Å². The first-order valence-corrected chi connectivity index (χ1v) is 6.10. The third-order valence-corrected chi connectivity index (χ3v) is 4.15. The highest BCUT2D eigenvalue weighted by Gasteiger charge is 2.41. The molecule has 0 aromatic carbocycles. The third kappa shape index (κ3) is 3.18. The van der Waals surface area contributed by atoms with Crippen molar-refractivity contribution < 1.29 is 10.2 Å². The molecule has 3 atom stereocenters. The molecule has 0 aromatic heterocycles. The van der Waals surface area contributed by atoms with Gasteiger partial charge in [0.05, 0.1) is 5.60 Å². The molecule has 15 heavy (non-hydrogen) atoms. The van der Waals surface area contributed by atoms with Gasteiger partial charge in [0.15, 0.2) is 0 Å². The molecule has 2 heteroatoms. The fraction of sp³-hybridized carbons (Fsp3) is 1.00. The van der Waals surface area contributed by atoms with E-state index in [2.05, 4.69) is 20.8 Å². The van der Waals surface area contributed by atoms with E-state index in [4.69, 9.17) is 5.11 Å². The highest BCUT2D eigenvalue weighted by atomic mass is 16.3. The van der Waals surface area contributed by atoms with Gasteiger partial charge < -0.3 is 10.2 Å². The molecule has 1 aliphatic carbocycles. The topological polar surface area (TPSA) is 40.5 Å². The molecule has 0 aromatic rings. The summed E-state index contributed by atoms with van der Waals surface area (Å²) in [5, 5.41) is 19.3. The van der Waals surface area contributed by atoms with Crippen molar-refractivity contribution in [2.24, 2.45) is 17.3 Å². The molecule has 0 radical (unpaired) electrons. The maximum Gasteiger partial charge on any atom is 0.0648 e. The molecule has 0 amide bonds. The van der Waals surface area contributed by atoms with Gasteiger partial charge in [0.25, 0.3) is 0 Å². The summed E-state index contributed by atoms with van der Waals surface area (Å²) in [5.74, 6) is 0.940. The molecule has 0 aliphatic heterocycles. The largest absolute Gasteiger partial charge is 0.396 e. The van der Waals surface area contributed by atoms with Gasteiger partial charge in [-0.3, -0.25) is 0 Å². The number of hydrogen-bond donors (Lipinski definition) is 2. The molecule has 0 bridgehead atoms. The average Bonchev–Trinajstić information content (AvgIpc) is 2.06. The second-order valence-corrected chi connectivity index (χ2v) is 6.40. The van der Waals surface area contributed by atoms with Gasteiger partial charge in [0, 0.05) is 6.61 Å². The van der Waals surface area contributed by atoms with E-state index in [1.54, 1.807) is 0 Å². The van der Waals surface area contributed by atoms with Crippen molar-refractivity contribution in [1.82, 2.24) is 0 Å². The summed E-state index contributed by atoms with van der Waals surface area (Å²) < 4.78 is 0. The zero-order valence-electron chi connectivity index (χ0n) is 10.6. The Morgan fingerprint density at radius 3 is 2.40 bits per heavy atom. The average molecular weight is 214 g/mol. The van der Waals surface area contributed by atoms with E-state index in [1.807, 2.05) is 6.92 Å². The summed E-state index contributed by atoms with van der Waals surface area (Å²) in [6.45, 7) is 8.93. The van der Waals surface area contributed by atoms with Crippen molar-refractivity contribution in [2.45, 2.75) is 59.0 Å². The van der Waals surface area contributed by atoms with Gasteiger partial charge in [-0.05, 0) is 49.9 Å². The van der Waals surface area contributed by atoms with Crippen LogP contribution in [-0.2, 0) is 0 Å². The highest BCUT2D eigenvalue weighted by Crippen LogP contribution is 2.45. The van der Waals surface area contributed by atoms with Gasteiger partial charge in [-0.1, -0.05) is 20.8 Å². The van der Waals surface area contributed by atoms with Gasteiger partial charge in [-0.25, -0.2) is 0 Å². The van der Waals surface area contributed by atoms with Crippen LogP contribution in [0.5, 0.6) is 0 Å². The minimum atomic E-state index is -0.565. The van der Waals surface area contributed by atoms with Crippen LogP contribution in [0.1, 0.15) is 53.4 Å². The van der Waals surface area contributed by atoms with Crippen molar-refractivity contribution in [2.75, 3.05) is 6.61 Å². The summed E-state index contributed by atoms with van der Waals surface area (Å²) in [5.41, 5.74) is -0.241. The fourth-order valence-corrected chi connectivity index (χ4v) is 2.76. The van der Waals surface area contributed by atoms with Gasteiger partial charge in [-0.15, -0.1) is 0 Å². The van der Waals surface area contributed by atoms with Crippen LogP contribution < -0.4 is 0 Å². The molecular formula is C13H26O2.